The molecule has 1 aliphatic rings. The molecule has 0 amide bonds. The van der Waals surface area contributed by atoms with Gasteiger partial charge in [-0.2, -0.15) is 0 Å². The van der Waals surface area contributed by atoms with E-state index in [9.17, 15) is 13.2 Å². The minimum Gasteiger partial charge on any atom is -0.481 e. The molecule has 1 fully saturated rings. The van der Waals surface area contributed by atoms with Gasteiger partial charge in [0.05, 0.1) is 12.2 Å². The summed E-state index contributed by atoms with van der Waals surface area (Å²) >= 11 is 0. The number of aliphatic carboxylic acids is 1. The molecule has 1 rings (SSSR count). The van der Waals surface area contributed by atoms with Gasteiger partial charge in [-0.15, -0.1) is 0 Å². The average molecular weight is 277 g/mol. The van der Waals surface area contributed by atoms with Crippen LogP contribution < -0.4 is 4.72 Å². The number of hydrogen-bond acceptors (Lipinski definition) is 3. The largest absolute Gasteiger partial charge is 0.481 e. The summed E-state index contributed by atoms with van der Waals surface area (Å²) < 4.78 is 26.5. The topological polar surface area (TPSA) is 83.5 Å². The number of carboxylic acid groups (broad SMARTS) is 1. The standard InChI is InChI=1S/C12H23NO4S/c1-12(2,8-11(14)15)13-18(16,17)9-10-6-4-3-5-7-10/h10,13H,3-9H2,1-2H3,(H,14,15). The highest BCUT2D eigenvalue weighted by molar-refractivity contribution is 7.89. The second-order valence-electron chi connectivity index (χ2n) is 5.84. The van der Waals surface area contributed by atoms with E-state index in [1.54, 1.807) is 13.8 Å². The zero-order valence-corrected chi connectivity index (χ0v) is 11.9. The fraction of sp³-hybridized carbons (Fsp3) is 0.917. The molecule has 0 aromatic rings. The van der Waals surface area contributed by atoms with Gasteiger partial charge >= 0.3 is 5.97 Å². The van der Waals surface area contributed by atoms with Gasteiger partial charge in [-0.3, -0.25) is 4.79 Å². The highest BCUT2D eigenvalue weighted by atomic mass is 32.2. The third-order valence-electron chi connectivity index (χ3n) is 3.20. The first-order chi connectivity index (χ1) is 8.20. The highest BCUT2D eigenvalue weighted by Gasteiger charge is 2.29. The number of carbonyl (C=O) groups is 1. The van der Waals surface area contributed by atoms with Gasteiger partial charge in [-0.1, -0.05) is 19.3 Å². The molecule has 0 aromatic carbocycles. The molecule has 1 saturated carbocycles. The molecule has 106 valence electrons. The third-order valence-corrected chi connectivity index (χ3v) is 4.98. The van der Waals surface area contributed by atoms with E-state index in [0.29, 0.717) is 0 Å². The van der Waals surface area contributed by atoms with Crippen molar-refractivity contribution < 1.29 is 18.3 Å². The second kappa shape index (κ2) is 6.02. The third kappa shape index (κ3) is 5.82. The van der Waals surface area contributed by atoms with E-state index in [0.717, 1.165) is 25.7 Å². The Kier molecular flexibility index (Phi) is 5.16. The summed E-state index contributed by atoms with van der Waals surface area (Å²) in [5.74, 6) is -0.659. The Hall–Kier alpha value is -0.620. The fourth-order valence-electron chi connectivity index (χ4n) is 2.54. The van der Waals surface area contributed by atoms with Gasteiger partial charge in [0.15, 0.2) is 0 Å². The van der Waals surface area contributed by atoms with Crippen molar-refractivity contribution in [2.24, 2.45) is 5.92 Å². The minimum absolute atomic E-state index is 0.121. The van der Waals surface area contributed by atoms with Crippen LogP contribution in [0.2, 0.25) is 0 Å². The summed E-state index contributed by atoms with van der Waals surface area (Å²) in [6, 6.07) is 0. The van der Waals surface area contributed by atoms with Crippen molar-refractivity contribution in [3.8, 4) is 0 Å². The van der Waals surface area contributed by atoms with Crippen LogP contribution in [-0.4, -0.2) is 30.8 Å². The van der Waals surface area contributed by atoms with Crippen molar-refractivity contribution in [1.82, 2.24) is 4.72 Å². The molecular formula is C12H23NO4S. The van der Waals surface area contributed by atoms with Crippen molar-refractivity contribution in [2.75, 3.05) is 5.75 Å². The van der Waals surface area contributed by atoms with Crippen molar-refractivity contribution in [2.45, 2.75) is 57.9 Å². The molecule has 0 atom stereocenters. The van der Waals surface area contributed by atoms with E-state index < -0.39 is 21.5 Å². The maximum atomic E-state index is 12.0. The summed E-state index contributed by atoms with van der Waals surface area (Å²) in [5.41, 5.74) is -0.931. The lowest BCUT2D eigenvalue weighted by Crippen LogP contribution is -2.46. The molecule has 0 aromatic heterocycles. The van der Waals surface area contributed by atoms with Crippen LogP contribution in [-0.2, 0) is 14.8 Å². The minimum atomic E-state index is -3.40. The second-order valence-corrected chi connectivity index (χ2v) is 7.61. The molecule has 18 heavy (non-hydrogen) atoms. The van der Waals surface area contributed by atoms with E-state index in [1.807, 2.05) is 0 Å². The van der Waals surface area contributed by atoms with Gasteiger partial charge in [-0.25, -0.2) is 13.1 Å². The smallest absolute Gasteiger partial charge is 0.305 e. The zero-order valence-electron chi connectivity index (χ0n) is 11.1. The van der Waals surface area contributed by atoms with E-state index in [-0.39, 0.29) is 18.1 Å². The molecule has 2 N–H and O–H groups in total. The Labute approximate surface area is 109 Å². The quantitative estimate of drug-likeness (QED) is 0.774. The predicted molar refractivity (Wildman–Crippen MR) is 69.8 cm³/mol. The molecule has 0 heterocycles. The molecule has 6 heteroatoms. The van der Waals surface area contributed by atoms with Crippen molar-refractivity contribution >= 4 is 16.0 Å². The number of carboxylic acids is 1. The van der Waals surface area contributed by atoms with Crippen LogP contribution >= 0.6 is 0 Å². The first-order valence-corrected chi connectivity index (χ1v) is 8.09. The summed E-state index contributed by atoms with van der Waals surface area (Å²) in [4.78, 5) is 10.7. The molecule has 0 unspecified atom stereocenters. The summed E-state index contributed by atoms with van der Waals surface area (Å²) in [6.07, 6.45) is 5.09. The van der Waals surface area contributed by atoms with Crippen LogP contribution in [0.4, 0.5) is 0 Å². The maximum Gasteiger partial charge on any atom is 0.305 e. The summed E-state index contributed by atoms with van der Waals surface area (Å²) in [6.45, 7) is 3.19. The lowest BCUT2D eigenvalue weighted by molar-refractivity contribution is -0.138. The molecule has 0 aliphatic heterocycles. The lowest BCUT2D eigenvalue weighted by Gasteiger charge is -2.27. The van der Waals surface area contributed by atoms with Crippen LogP contribution in [0.1, 0.15) is 52.4 Å². The molecule has 1 aliphatic carbocycles. The van der Waals surface area contributed by atoms with Gasteiger partial charge in [0.1, 0.15) is 0 Å². The van der Waals surface area contributed by atoms with Gasteiger partial charge in [0, 0.05) is 5.54 Å². The Bertz CT molecular complexity index is 383. The maximum absolute atomic E-state index is 12.0. The predicted octanol–water partition coefficient (Wildman–Crippen LogP) is 1.74. The molecule has 5 nitrogen and oxygen atoms in total. The molecule has 0 bridgehead atoms. The van der Waals surface area contributed by atoms with Gasteiger partial charge < -0.3 is 5.11 Å². The zero-order chi connectivity index (χ0) is 13.8. The van der Waals surface area contributed by atoms with Crippen molar-refractivity contribution in [1.29, 1.82) is 0 Å². The van der Waals surface area contributed by atoms with Gasteiger partial charge in [0.25, 0.3) is 0 Å². The highest BCUT2D eigenvalue weighted by Crippen LogP contribution is 2.25. The Morgan fingerprint density at radius 2 is 1.83 bits per heavy atom. The Morgan fingerprint density at radius 1 is 1.28 bits per heavy atom. The fourth-order valence-corrected chi connectivity index (χ4v) is 4.49. The van der Waals surface area contributed by atoms with E-state index in [4.69, 9.17) is 5.11 Å². The van der Waals surface area contributed by atoms with E-state index in [2.05, 4.69) is 4.72 Å². The first-order valence-electron chi connectivity index (χ1n) is 6.44. The van der Waals surface area contributed by atoms with Gasteiger partial charge in [-0.05, 0) is 32.6 Å². The summed E-state index contributed by atoms with van der Waals surface area (Å²) in [5, 5.41) is 8.73. The number of rotatable bonds is 6. The van der Waals surface area contributed by atoms with E-state index >= 15 is 0 Å². The number of hydrogen-bond donors (Lipinski definition) is 2. The molecule has 0 saturated heterocycles. The summed E-state index contributed by atoms with van der Waals surface area (Å²) in [7, 11) is -3.40. The van der Waals surface area contributed by atoms with Crippen LogP contribution in [0.5, 0.6) is 0 Å². The SMILES string of the molecule is CC(C)(CC(=O)O)NS(=O)(=O)CC1CCCCC1. The normalized spacial score (nSPS) is 18.8. The van der Waals surface area contributed by atoms with E-state index in [1.165, 1.54) is 6.42 Å². The van der Waals surface area contributed by atoms with Crippen LogP contribution in [0.15, 0.2) is 0 Å². The molecular weight excluding hydrogens is 254 g/mol. The van der Waals surface area contributed by atoms with Crippen LogP contribution in [0.25, 0.3) is 0 Å². The molecule has 0 radical (unpaired) electrons. The van der Waals surface area contributed by atoms with Crippen LogP contribution in [0.3, 0.4) is 0 Å². The van der Waals surface area contributed by atoms with Crippen molar-refractivity contribution in [3.63, 3.8) is 0 Å². The average Bonchev–Trinajstić information content (AvgIpc) is 2.13. The Morgan fingerprint density at radius 3 is 2.33 bits per heavy atom. The first kappa shape index (κ1) is 15.4. The molecule has 0 spiro atoms. The van der Waals surface area contributed by atoms with Gasteiger partial charge in [0.2, 0.25) is 10.0 Å². The van der Waals surface area contributed by atoms with Crippen molar-refractivity contribution in [3.05, 3.63) is 0 Å². The number of sulfonamides is 1. The lowest BCUT2D eigenvalue weighted by atomic mass is 9.91. The number of nitrogens with one attached hydrogen (secondary N) is 1. The monoisotopic (exact) mass is 277 g/mol. The Balaban J connectivity index is 2.55. The van der Waals surface area contributed by atoms with Crippen LogP contribution in [0, 0.1) is 5.92 Å².